The van der Waals surface area contributed by atoms with Gasteiger partial charge in [-0.15, -0.1) is 12.4 Å². The molecular formula is C16H28ClN3O. The van der Waals surface area contributed by atoms with Gasteiger partial charge in [0.1, 0.15) is 0 Å². The third-order valence-electron chi connectivity index (χ3n) is 2.53. The highest BCUT2D eigenvalue weighted by molar-refractivity contribution is 5.91. The predicted octanol–water partition coefficient (Wildman–Crippen LogP) is 2.20. The number of carbonyl (C=O) groups is 1. The fourth-order valence-electron chi connectivity index (χ4n) is 1.36. The highest BCUT2D eigenvalue weighted by Crippen LogP contribution is 1.94. The average Bonchev–Trinajstić information content (AvgIpc) is 2.44. The van der Waals surface area contributed by atoms with E-state index in [1.165, 1.54) is 5.56 Å². The largest absolute Gasteiger partial charge is 0.352 e. The van der Waals surface area contributed by atoms with Crippen LogP contribution in [0.15, 0.2) is 42.5 Å². The number of hydrogen-bond donors (Lipinski definition) is 2. The molecule has 0 bridgehead atoms. The minimum Gasteiger partial charge on any atom is -0.352 e. The molecule has 0 unspecified atom stereocenters. The molecule has 0 saturated heterocycles. The molecule has 1 aromatic carbocycles. The summed E-state index contributed by atoms with van der Waals surface area (Å²) in [6.45, 7) is 7.62. The fourth-order valence-corrected chi connectivity index (χ4v) is 1.36. The van der Waals surface area contributed by atoms with Gasteiger partial charge in [0.15, 0.2) is 0 Å². The molecule has 0 fully saturated rings. The van der Waals surface area contributed by atoms with E-state index in [9.17, 15) is 4.79 Å². The summed E-state index contributed by atoms with van der Waals surface area (Å²) in [7, 11) is 4.03. The molecule has 3 N–H and O–H groups in total. The van der Waals surface area contributed by atoms with Crippen molar-refractivity contribution in [3.05, 3.63) is 48.0 Å². The first-order chi connectivity index (χ1) is 9.47. The van der Waals surface area contributed by atoms with Crippen LogP contribution in [-0.4, -0.2) is 38.0 Å². The first-order valence-electron chi connectivity index (χ1n) is 6.79. The Hall–Kier alpha value is -1.36. The van der Waals surface area contributed by atoms with E-state index in [1.54, 1.807) is 6.92 Å². The number of benzene rings is 1. The van der Waals surface area contributed by atoms with Gasteiger partial charge < -0.3 is 16.0 Å². The van der Waals surface area contributed by atoms with E-state index in [0.29, 0.717) is 12.1 Å². The lowest BCUT2D eigenvalue weighted by atomic mass is 10.2. The Kier molecular flexibility index (Phi) is 14.2. The topological polar surface area (TPSA) is 58.4 Å². The summed E-state index contributed by atoms with van der Waals surface area (Å²) < 4.78 is 0. The second-order valence-electron chi connectivity index (χ2n) is 4.88. The van der Waals surface area contributed by atoms with E-state index in [-0.39, 0.29) is 18.3 Å². The van der Waals surface area contributed by atoms with Crippen LogP contribution < -0.4 is 11.1 Å². The Balaban J connectivity index is 0. The summed E-state index contributed by atoms with van der Waals surface area (Å²) in [5.74, 6) is -0.0474. The molecule has 5 heteroatoms. The van der Waals surface area contributed by atoms with Crippen LogP contribution in [0.5, 0.6) is 0 Å². The first-order valence-corrected chi connectivity index (χ1v) is 6.79. The van der Waals surface area contributed by atoms with Gasteiger partial charge in [0.05, 0.1) is 0 Å². The molecule has 21 heavy (non-hydrogen) atoms. The molecule has 0 aliphatic carbocycles. The van der Waals surface area contributed by atoms with Crippen molar-refractivity contribution in [3.63, 3.8) is 0 Å². The van der Waals surface area contributed by atoms with E-state index in [0.717, 1.165) is 19.5 Å². The van der Waals surface area contributed by atoms with Gasteiger partial charge in [-0.1, -0.05) is 36.9 Å². The monoisotopic (exact) mass is 313 g/mol. The zero-order chi connectivity index (χ0) is 15.4. The minimum atomic E-state index is -0.0474. The Labute approximate surface area is 134 Å². The summed E-state index contributed by atoms with van der Waals surface area (Å²) in [4.78, 5) is 13.1. The van der Waals surface area contributed by atoms with Gasteiger partial charge >= 0.3 is 0 Å². The van der Waals surface area contributed by atoms with E-state index in [2.05, 4.69) is 16.8 Å². The number of hydrogen-bond acceptors (Lipinski definition) is 3. The van der Waals surface area contributed by atoms with Crippen LogP contribution in [0.1, 0.15) is 18.9 Å². The van der Waals surface area contributed by atoms with Crippen molar-refractivity contribution >= 4 is 18.3 Å². The van der Waals surface area contributed by atoms with E-state index in [1.807, 2.05) is 44.4 Å². The molecule has 0 radical (unpaired) electrons. The average molecular weight is 314 g/mol. The summed E-state index contributed by atoms with van der Waals surface area (Å²) in [6.07, 6.45) is 0.978. The maximum Gasteiger partial charge on any atom is 0.246 e. The van der Waals surface area contributed by atoms with E-state index < -0.39 is 0 Å². The Bertz CT molecular complexity index is 394. The highest BCUT2D eigenvalue weighted by Gasteiger charge is 1.99. The van der Waals surface area contributed by atoms with Gasteiger partial charge in [0, 0.05) is 18.7 Å². The number of nitrogens with two attached hydrogens (primary N) is 1. The van der Waals surface area contributed by atoms with Crippen LogP contribution >= 0.6 is 12.4 Å². The lowest BCUT2D eigenvalue weighted by molar-refractivity contribution is -0.117. The maximum atomic E-state index is 11.0. The standard InChI is InChI=1S/C9H18N2O.C7H9N.ClH/c1-8(2)9(12)10-6-5-7-11(3)4;8-6-7-4-2-1-3-5-7;/h1,5-7H2,2-4H3,(H,10,12);1-5H,6,8H2;1H. The molecule has 0 spiro atoms. The van der Waals surface area contributed by atoms with Gasteiger partial charge in [-0.25, -0.2) is 0 Å². The van der Waals surface area contributed by atoms with E-state index >= 15 is 0 Å². The molecule has 4 nitrogen and oxygen atoms in total. The summed E-state index contributed by atoms with van der Waals surface area (Å²) in [5.41, 5.74) is 7.11. The van der Waals surface area contributed by atoms with E-state index in [4.69, 9.17) is 5.73 Å². The number of nitrogens with zero attached hydrogens (tertiary/aromatic N) is 1. The van der Waals surface area contributed by atoms with Crippen LogP contribution in [0.3, 0.4) is 0 Å². The second-order valence-corrected chi connectivity index (χ2v) is 4.88. The Morgan fingerprint density at radius 1 is 1.29 bits per heavy atom. The zero-order valence-electron chi connectivity index (χ0n) is 13.3. The van der Waals surface area contributed by atoms with Crippen LogP contribution in [0, 0.1) is 0 Å². The zero-order valence-corrected chi connectivity index (χ0v) is 14.1. The van der Waals surface area contributed by atoms with Crippen molar-refractivity contribution < 1.29 is 4.79 Å². The highest BCUT2D eigenvalue weighted by atomic mass is 35.5. The van der Waals surface area contributed by atoms with Gasteiger partial charge in [0.2, 0.25) is 5.91 Å². The molecule has 0 atom stereocenters. The fraction of sp³-hybridized carbons (Fsp3) is 0.438. The number of carbonyl (C=O) groups excluding carboxylic acids is 1. The molecule has 1 rings (SSSR count). The first kappa shape index (κ1) is 21.9. The lowest BCUT2D eigenvalue weighted by Gasteiger charge is -2.09. The molecule has 1 aromatic rings. The SMILES string of the molecule is C=C(C)C(=O)NCCCN(C)C.Cl.NCc1ccccc1. The number of amides is 1. The molecule has 120 valence electrons. The summed E-state index contributed by atoms with van der Waals surface area (Å²) in [6, 6.07) is 9.99. The van der Waals surface area contributed by atoms with Crippen molar-refractivity contribution in [1.29, 1.82) is 0 Å². The van der Waals surface area contributed by atoms with Crippen molar-refractivity contribution in [2.24, 2.45) is 5.73 Å². The molecule has 0 aliphatic rings. The van der Waals surface area contributed by atoms with Crippen molar-refractivity contribution in [2.75, 3.05) is 27.2 Å². The molecule has 1 amide bonds. The third kappa shape index (κ3) is 13.4. The normalized spacial score (nSPS) is 9.19. The van der Waals surface area contributed by atoms with Gasteiger partial charge in [0.25, 0.3) is 0 Å². The summed E-state index contributed by atoms with van der Waals surface area (Å²) >= 11 is 0. The molecule has 0 aromatic heterocycles. The predicted molar refractivity (Wildman–Crippen MR) is 92.6 cm³/mol. The second kappa shape index (κ2) is 13.6. The van der Waals surface area contributed by atoms with Crippen LogP contribution in [0.25, 0.3) is 0 Å². The molecule has 0 heterocycles. The van der Waals surface area contributed by atoms with Crippen molar-refractivity contribution in [2.45, 2.75) is 19.9 Å². The smallest absolute Gasteiger partial charge is 0.246 e. The van der Waals surface area contributed by atoms with Gasteiger partial charge in [-0.3, -0.25) is 4.79 Å². The van der Waals surface area contributed by atoms with Crippen molar-refractivity contribution in [3.8, 4) is 0 Å². The molecule has 0 aliphatic heterocycles. The summed E-state index contributed by atoms with van der Waals surface area (Å²) in [5, 5.41) is 2.77. The number of rotatable bonds is 6. The Morgan fingerprint density at radius 3 is 2.24 bits per heavy atom. The van der Waals surface area contributed by atoms with Gasteiger partial charge in [-0.2, -0.15) is 0 Å². The molecular weight excluding hydrogens is 286 g/mol. The van der Waals surface area contributed by atoms with Crippen molar-refractivity contribution in [1.82, 2.24) is 10.2 Å². The minimum absolute atomic E-state index is 0. The third-order valence-corrected chi connectivity index (χ3v) is 2.53. The van der Waals surface area contributed by atoms with Crippen LogP contribution in [0.4, 0.5) is 0 Å². The Morgan fingerprint density at radius 2 is 1.86 bits per heavy atom. The maximum absolute atomic E-state index is 11.0. The number of halogens is 1. The van der Waals surface area contributed by atoms with Gasteiger partial charge in [-0.05, 0) is 39.5 Å². The quantitative estimate of drug-likeness (QED) is 0.625. The van der Waals surface area contributed by atoms with Crippen LogP contribution in [0.2, 0.25) is 0 Å². The lowest BCUT2D eigenvalue weighted by Crippen LogP contribution is -2.27. The molecule has 0 saturated carbocycles. The van der Waals surface area contributed by atoms with Crippen LogP contribution in [-0.2, 0) is 11.3 Å². The number of nitrogens with one attached hydrogen (secondary N) is 1.